The zero-order valence-electron chi connectivity index (χ0n) is 44.8. The molecule has 10 atom stereocenters. The summed E-state index contributed by atoms with van der Waals surface area (Å²) >= 11 is 0. The zero-order valence-corrected chi connectivity index (χ0v) is 44.8. The Morgan fingerprint density at radius 2 is 0.924 bits per heavy atom. The summed E-state index contributed by atoms with van der Waals surface area (Å²) in [6.07, 6.45) is -3.36. The molecule has 18 heteroatoms. The molecule has 416 valence electrons. The molecular formula is C61H66N2O16. The van der Waals surface area contributed by atoms with Crippen molar-refractivity contribution in [3.05, 3.63) is 167 Å². The van der Waals surface area contributed by atoms with Crippen molar-refractivity contribution in [3.8, 4) is 46.0 Å². The number of hydrogen-bond donors (Lipinski definition) is 6. The van der Waals surface area contributed by atoms with E-state index in [1.165, 1.54) is 28.4 Å². The lowest BCUT2D eigenvalue weighted by Gasteiger charge is -2.41. The Hall–Kier alpha value is -7.42. The van der Waals surface area contributed by atoms with Gasteiger partial charge in [0, 0.05) is 49.2 Å². The van der Waals surface area contributed by atoms with E-state index in [4.69, 9.17) is 47.4 Å². The lowest BCUT2D eigenvalue weighted by Crippen LogP contribution is -2.52. The number of ketones is 1. The smallest absolute Gasteiger partial charge is 0.226 e. The Morgan fingerprint density at radius 1 is 0.506 bits per heavy atom. The van der Waals surface area contributed by atoms with Crippen LogP contribution in [0, 0.1) is 11.8 Å². The van der Waals surface area contributed by atoms with Crippen molar-refractivity contribution < 1.29 is 77.4 Å². The third-order valence-electron chi connectivity index (χ3n) is 16.2. The number of rotatable bonds is 23. The number of aliphatic hydroxyl groups is 4. The van der Waals surface area contributed by atoms with E-state index in [0.717, 1.165) is 0 Å². The highest BCUT2D eigenvalue weighted by Gasteiger charge is 2.79. The van der Waals surface area contributed by atoms with Gasteiger partial charge in [0.05, 0.1) is 98.6 Å². The van der Waals surface area contributed by atoms with Crippen LogP contribution in [0.1, 0.15) is 45.2 Å². The fraction of sp³-hybridized carbons (Fsp3) is 0.377. The number of hydrogen-bond acceptors (Lipinski definition) is 17. The number of aliphatic hydroxyl groups excluding tert-OH is 2. The number of carbonyl (C=O) groups is 2. The van der Waals surface area contributed by atoms with Crippen molar-refractivity contribution in [2.45, 2.75) is 46.4 Å². The van der Waals surface area contributed by atoms with E-state index in [-0.39, 0.29) is 86.0 Å². The first-order valence-corrected chi connectivity index (χ1v) is 26.1. The molecule has 10 rings (SSSR count). The summed E-state index contributed by atoms with van der Waals surface area (Å²) in [6.45, 7) is 0.865. The fourth-order valence-corrected chi connectivity index (χ4v) is 12.8. The van der Waals surface area contributed by atoms with Gasteiger partial charge >= 0.3 is 0 Å². The fourth-order valence-electron chi connectivity index (χ4n) is 12.8. The van der Waals surface area contributed by atoms with Crippen LogP contribution in [-0.4, -0.2) is 133 Å². The van der Waals surface area contributed by atoms with Gasteiger partial charge in [0.1, 0.15) is 58.2 Å². The van der Waals surface area contributed by atoms with E-state index in [0.29, 0.717) is 45.3 Å². The summed E-state index contributed by atoms with van der Waals surface area (Å²) < 4.78 is 59.2. The van der Waals surface area contributed by atoms with Crippen molar-refractivity contribution in [1.29, 1.82) is 0 Å². The predicted octanol–water partition coefficient (Wildman–Crippen LogP) is 5.25. The number of ether oxygens (including phenoxy) is 10. The molecule has 0 aromatic heterocycles. The van der Waals surface area contributed by atoms with Gasteiger partial charge in [0.15, 0.2) is 28.2 Å². The molecule has 18 nitrogen and oxygen atoms in total. The molecule has 6 aromatic carbocycles. The van der Waals surface area contributed by atoms with Crippen LogP contribution in [0.15, 0.2) is 133 Å². The van der Waals surface area contributed by atoms with Crippen molar-refractivity contribution in [1.82, 2.24) is 10.6 Å². The van der Waals surface area contributed by atoms with Gasteiger partial charge in [-0.05, 0) is 46.5 Å². The van der Waals surface area contributed by atoms with Gasteiger partial charge in [-0.25, -0.2) is 0 Å². The molecule has 2 heterocycles. The first-order valence-electron chi connectivity index (χ1n) is 26.1. The van der Waals surface area contributed by atoms with E-state index in [2.05, 4.69) is 10.6 Å². The van der Waals surface area contributed by atoms with Crippen LogP contribution in [0.3, 0.4) is 0 Å². The number of methoxy groups -OCH3 is 6. The van der Waals surface area contributed by atoms with Crippen LogP contribution in [0.2, 0.25) is 0 Å². The molecule has 79 heavy (non-hydrogen) atoms. The zero-order chi connectivity index (χ0) is 55.7. The Bertz CT molecular complexity index is 2920. The van der Waals surface area contributed by atoms with E-state index < -0.39 is 64.2 Å². The van der Waals surface area contributed by atoms with Gasteiger partial charge in [-0.3, -0.25) is 9.59 Å². The van der Waals surface area contributed by atoms with Crippen LogP contribution in [0.25, 0.3) is 0 Å². The number of Topliss-reactive ketones (excluding diaryl/α,β-unsaturated/α-hetero) is 1. The van der Waals surface area contributed by atoms with Gasteiger partial charge in [0.25, 0.3) is 0 Å². The highest BCUT2D eigenvalue weighted by atomic mass is 16.6. The van der Waals surface area contributed by atoms with Crippen molar-refractivity contribution >= 4 is 11.7 Å². The van der Waals surface area contributed by atoms with E-state index in [1.54, 1.807) is 87.0 Å². The molecule has 4 aliphatic rings. The summed E-state index contributed by atoms with van der Waals surface area (Å²) in [7, 11) is 9.01. The third kappa shape index (κ3) is 8.77. The van der Waals surface area contributed by atoms with Crippen LogP contribution in [-0.2, 0) is 41.5 Å². The summed E-state index contributed by atoms with van der Waals surface area (Å²) in [4.78, 5) is 29.1. The van der Waals surface area contributed by atoms with E-state index >= 15 is 0 Å². The Balaban J connectivity index is 0.778. The minimum absolute atomic E-state index is 0.0721. The highest BCUT2D eigenvalue weighted by molar-refractivity contribution is 5.87. The van der Waals surface area contributed by atoms with Crippen molar-refractivity contribution in [2.75, 3.05) is 88.7 Å². The van der Waals surface area contributed by atoms with Crippen LogP contribution >= 0.6 is 0 Å². The lowest BCUT2D eigenvalue weighted by atomic mass is 9.70. The van der Waals surface area contributed by atoms with Crippen LogP contribution in [0.5, 0.6) is 46.0 Å². The maximum Gasteiger partial charge on any atom is 0.226 e. The molecule has 6 N–H and O–H groups in total. The molecule has 0 saturated heterocycles. The Labute approximate surface area is 458 Å². The second kappa shape index (κ2) is 22.4. The molecule has 0 radical (unpaired) electrons. The lowest BCUT2D eigenvalue weighted by molar-refractivity contribution is -0.154. The topological polar surface area (TPSA) is 231 Å². The molecular weight excluding hydrogens is 1020 g/mol. The summed E-state index contributed by atoms with van der Waals surface area (Å²) in [6, 6.07) is 39.0. The van der Waals surface area contributed by atoms with Crippen LogP contribution < -0.4 is 48.5 Å². The number of benzene rings is 6. The number of amides is 1. The third-order valence-corrected chi connectivity index (χ3v) is 16.2. The standard InChI is InChI=1S/C61H66N2O16/c1-70-40-21-17-38(18-22-40)60-51(36-13-9-7-10-14-36)49(55(65)58(60,68)53-45(74-5)31-42(72-3)33-47(53)78-60)44(64)35-62-25-27-76-29-30-77-28-26-63-57(67)50-52(37-15-11-8-12-16-37)61(39-19-23-41(71-2)24-20-39)59(69,56(50)66)54-46(75-6)32-43(73-4)34-48(54)79-61/h7-24,31-34,49-52,55-56,62,65-66,68-69H,25-30,35H2,1-6H3,(H,63,67)/t49-,50-,51-,52-,55-,56-,58+,59+,60+,61+/m1/s1. The van der Waals surface area contributed by atoms with Crippen LogP contribution in [0.4, 0.5) is 0 Å². The first-order chi connectivity index (χ1) is 38.3. The highest BCUT2D eigenvalue weighted by Crippen LogP contribution is 2.72. The van der Waals surface area contributed by atoms with E-state index in [1.807, 2.05) is 60.7 Å². The quantitative estimate of drug-likeness (QED) is 0.0450. The van der Waals surface area contributed by atoms with Crippen molar-refractivity contribution in [2.24, 2.45) is 11.8 Å². The largest absolute Gasteiger partial charge is 0.497 e. The Kier molecular flexibility index (Phi) is 15.6. The molecule has 0 spiro atoms. The van der Waals surface area contributed by atoms with Gasteiger partial charge in [-0.1, -0.05) is 84.9 Å². The maximum atomic E-state index is 14.6. The van der Waals surface area contributed by atoms with Gasteiger partial charge in [0.2, 0.25) is 5.91 Å². The SMILES string of the molecule is COc1ccc([C@@]23Oc4cc(OC)cc(OC)c4[C@]2(O)[C@H](O)[C@H](C(=O)CNCCOCCOCCNC(=O)[C@H]2[C@@H](O)[C@@]4(O)c5c(OC)cc(OC)cc5O[C@@]4(c4ccc(OC)cc4)[C@@H]2c2ccccc2)[C@H]3c2ccccc2)cc1. The number of nitrogens with one attached hydrogen (secondary N) is 2. The summed E-state index contributed by atoms with van der Waals surface area (Å²) in [5.41, 5.74) is -5.13. The predicted molar refractivity (Wildman–Crippen MR) is 287 cm³/mol. The molecule has 1 amide bonds. The second-order valence-electron chi connectivity index (χ2n) is 19.9. The molecule has 2 fully saturated rings. The summed E-state index contributed by atoms with van der Waals surface area (Å²) in [5.74, 6) is -2.21. The molecule has 2 aliphatic carbocycles. The number of fused-ring (bicyclic) bond motifs is 6. The molecule has 6 aromatic rings. The van der Waals surface area contributed by atoms with Gasteiger partial charge < -0.3 is 78.4 Å². The molecule has 2 aliphatic heterocycles. The van der Waals surface area contributed by atoms with Gasteiger partial charge in [-0.15, -0.1) is 0 Å². The normalized spacial score (nSPS) is 26.9. The average Bonchev–Trinajstić information content (AvgIpc) is 2.00. The average molecular weight is 1080 g/mol. The van der Waals surface area contributed by atoms with E-state index in [9.17, 15) is 30.0 Å². The minimum Gasteiger partial charge on any atom is -0.497 e. The first kappa shape index (κ1) is 54.9. The van der Waals surface area contributed by atoms with Gasteiger partial charge in [-0.2, -0.15) is 0 Å². The summed E-state index contributed by atoms with van der Waals surface area (Å²) in [5, 5.41) is 57.7. The maximum absolute atomic E-state index is 14.6. The molecule has 2 saturated carbocycles. The molecule has 0 unspecified atom stereocenters. The number of carbonyl (C=O) groups excluding carboxylic acids is 2. The monoisotopic (exact) mass is 1080 g/mol. The molecule has 0 bridgehead atoms. The Morgan fingerprint density at radius 3 is 1.35 bits per heavy atom. The minimum atomic E-state index is -2.20. The second-order valence-corrected chi connectivity index (χ2v) is 19.9. The van der Waals surface area contributed by atoms with Crippen molar-refractivity contribution in [3.63, 3.8) is 0 Å².